The molecule has 0 unspecified atom stereocenters. The van der Waals surface area contributed by atoms with Gasteiger partial charge in [0, 0.05) is 5.56 Å². The average Bonchev–Trinajstić information content (AvgIpc) is 3.14. The largest absolute Gasteiger partial charge is 0.486 e. The molecule has 0 aliphatic heterocycles. The zero-order valence-corrected chi connectivity index (χ0v) is 14.2. The standard InChI is InChI=1S/C18H16N4OS/c1-12-6-5-8-14(10-12)17-19-20-18-22(17)21-16(24-18)11-23-15-9-4-3-7-13(15)2/h3-10H,11H2,1-2H3. The Balaban J connectivity index is 1.61. The summed E-state index contributed by atoms with van der Waals surface area (Å²) in [5.74, 6) is 1.63. The summed E-state index contributed by atoms with van der Waals surface area (Å²) in [6.07, 6.45) is 0. The van der Waals surface area contributed by atoms with Crippen LogP contribution in [-0.4, -0.2) is 19.8 Å². The average molecular weight is 336 g/mol. The second-order valence-electron chi connectivity index (χ2n) is 5.64. The predicted octanol–water partition coefficient (Wildman–Crippen LogP) is 4.05. The first-order chi connectivity index (χ1) is 11.7. The second kappa shape index (κ2) is 6.05. The van der Waals surface area contributed by atoms with Gasteiger partial charge in [0.25, 0.3) is 0 Å². The van der Waals surface area contributed by atoms with Gasteiger partial charge in [-0.2, -0.15) is 9.61 Å². The smallest absolute Gasteiger partial charge is 0.235 e. The third-order valence-corrected chi connectivity index (χ3v) is 4.63. The highest BCUT2D eigenvalue weighted by Gasteiger charge is 2.14. The summed E-state index contributed by atoms with van der Waals surface area (Å²) in [6, 6.07) is 16.1. The second-order valence-corrected chi connectivity index (χ2v) is 6.68. The van der Waals surface area contributed by atoms with Crippen molar-refractivity contribution in [2.24, 2.45) is 0 Å². The Morgan fingerprint density at radius 1 is 1.04 bits per heavy atom. The number of hydrogen-bond acceptors (Lipinski definition) is 5. The Kier molecular flexibility index (Phi) is 3.74. The number of aromatic nitrogens is 4. The van der Waals surface area contributed by atoms with Crippen molar-refractivity contribution in [3.8, 4) is 17.1 Å². The van der Waals surface area contributed by atoms with Gasteiger partial charge in [-0.15, -0.1) is 10.2 Å². The van der Waals surface area contributed by atoms with Gasteiger partial charge in [-0.25, -0.2) is 0 Å². The van der Waals surface area contributed by atoms with Gasteiger partial charge in [-0.1, -0.05) is 53.3 Å². The molecule has 0 saturated carbocycles. The van der Waals surface area contributed by atoms with E-state index in [2.05, 4.69) is 34.4 Å². The third kappa shape index (κ3) is 2.76. The maximum absolute atomic E-state index is 5.87. The summed E-state index contributed by atoms with van der Waals surface area (Å²) >= 11 is 1.50. The lowest BCUT2D eigenvalue weighted by molar-refractivity contribution is 0.302. The van der Waals surface area contributed by atoms with Crippen molar-refractivity contribution in [2.75, 3.05) is 0 Å². The molecule has 24 heavy (non-hydrogen) atoms. The summed E-state index contributed by atoms with van der Waals surface area (Å²) in [4.78, 5) is 0.773. The number of para-hydroxylation sites is 1. The van der Waals surface area contributed by atoms with Crippen LogP contribution in [0.5, 0.6) is 5.75 Å². The first kappa shape index (κ1) is 14.8. The van der Waals surface area contributed by atoms with E-state index in [1.54, 1.807) is 4.52 Å². The fraction of sp³-hybridized carbons (Fsp3) is 0.167. The van der Waals surface area contributed by atoms with Crippen LogP contribution in [0.15, 0.2) is 48.5 Å². The van der Waals surface area contributed by atoms with Crippen LogP contribution in [0.3, 0.4) is 0 Å². The molecular formula is C18H16N4OS. The number of hydrogen-bond donors (Lipinski definition) is 0. The quantitative estimate of drug-likeness (QED) is 0.564. The van der Waals surface area contributed by atoms with Gasteiger partial charge in [0.2, 0.25) is 4.96 Å². The van der Waals surface area contributed by atoms with Crippen LogP contribution in [0.2, 0.25) is 0 Å². The van der Waals surface area contributed by atoms with Gasteiger partial charge in [-0.3, -0.25) is 0 Å². The van der Waals surface area contributed by atoms with Crippen LogP contribution in [-0.2, 0) is 6.61 Å². The number of benzene rings is 2. The molecule has 4 aromatic rings. The van der Waals surface area contributed by atoms with Gasteiger partial charge in [0.05, 0.1) is 0 Å². The maximum atomic E-state index is 5.87. The minimum Gasteiger partial charge on any atom is -0.486 e. The van der Waals surface area contributed by atoms with E-state index >= 15 is 0 Å². The van der Waals surface area contributed by atoms with Gasteiger partial charge >= 0.3 is 0 Å². The van der Waals surface area contributed by atoms with Crippen LogP contribution in [0.25, 0.3) is 16.3 Å². The number of ether oxygens (including phenoxy) is 1. The van der Waals surface area contributed by atoms with Gasteiger partial charge in [0.1, 0.15) is 12.4 Å². The Morgan fingerprint density at radius 2 is 1.92 bits per heavy atom. The molecule has 6 heteroatoms. The summed E-state index contributed by atoms with van der Waals surface area (Å²) in [7, 11) is 0. The predicted molar refractivity (Wildman–Crippen MR) is 94.3 cm³/mol. The molecule has 0 saturated heterocycles. The summed E-state index contributed by atoms with van der Waals surface area (Å²) in [5.41, 5.74) is 3.31. The molecule has 0 amide bonds. The Bertz CT molecular complexity index is 1010. The van der Waals surface area contributed by atoms with Crippen molar-refractivity contribution in [3.63, 3.8) is 0 Å². The molecule has 0 fully saturated rings. The summed E-state index contributed by atoms with van der Waals surface area (Å²) < 4.78 is 7.66. The zero-order valence-electron chi connectivity index (χ0n) is 13.4. The number of aryl methyl sites for hydroxylation is 2. The minimum atomic E-state index is 0.423. The first-order valence-corrected chi connectivity index (χ1v) is 8.49. The molecule has 0 atom stereocenters. The van der Waals surface area contributed by atoms with Crippen LogP contribution in [0, 0.1) is 13.8 Å². The highest BCUT2D eigenvalue weighted by Crippen LogP contribution is 2.24. The molecule has 2 aromatic heterocycles. The molecule has 0 N–H and O–H groups in total. The molecular weight excluding hydrogens is 320 g/mol. The first-order valence-electron chi connectivity index (χ1n) is 7.67. The van der Waals surface area contributed by atoms with Crippen molar-refractivity contribution >= 4 is 16.3 Å². The maximum Gasteiger partial charge on any atom is 0.235 e. The SMILES string of the molecule is Cc1cccc(-c2nnc3sc(COc4ccccc4C)nn23)c1. The normalized spacial score (nSPS) is 11.1. The van der Waals surface area contributed by atoms with Crippen LogP contribution >= 0.6 is 11.3 Å². The van der Waals surface area contributed by atoms with Crippen molar-refractivity contribution in [1.82, 2.24) is 19.8 Å². The van der Waals surface area contributed by atoms with Crippen LogP contribution < -0.4 is 4.74 Å². The van der Waals surface area contributed by atoms with Crippen molar-refractivity contribution in [2.45, 2.75) is 20.5 Å². The van der Waals surface area contributed by atoms with E-state index in [1.165, 1.54) is 16.9 Å². The highest BCUT2D eigenvalue weighted by molar-refractivity contribution is 7.16. The lowest BCUT2D eigenvalue weighted by Crippen LogP contribution is -1.98. The van der Waals surface area contributed by atoms with Crippen molar-refractivity contribution in [1.29, 1.82) is 0 Å². The monoisotopic (exact) mass is 336 g/mol. The molecule has 5 nitrogen and oxygen atoms in total. The molecule has 2 heterocycles. The number of nitrogens with zero attached hydrogens (tertiary/aromatic N) is 4. The number of fused-ring (bicyclic) bond motifs is 1. The molecule has 0 aliphatic rings. The van der Waals surface area contributed by atoms with E-state index in [4.69, 9.17) is 4.74 Å². The van der Waals surface area contributed by atoms with Gasteiger partial charge in [-0.05, 0) is 31.5 Å². The Labute approximate surface area is 143 Å². The van der Waals surface area contributed by atoms with Crippen LogP contribution in [0.4, 0.5) is 0 Å². The summed E-state index contributed by atoms with van der Waals surface area (Å²) in [6.45, 7) is 4.51. The van der Waals surface area contributed by atoms with E-state index in [1.807, 2.05) is 43.3 Å². The van der Waals surface area contributed by atoms with E-state index in [0.717, 1.165) is 32.7 Å². The Hall–Kier alpha value is -2.73. The van der Waals surface area contributed by atoms with E-state index in [-0.39, 0.29) is 0 Å². The molecule has 0 spiro atoms. The third-order valence-electron chi connectivity index (χ3n) is 3.75. The molecule has 0 aliphatic carbocycles. The molecule has 2 aromatic carbocycles. The van der Waals surface area contributed by atoms with E-state index in [0.29, 0.717) is 6.61 Å². The molecule has 0 bridgehead atoms. The molecule has 0 radical (unpaired) electrons. The zero-order chi connectivity index (χ0) is 16.5. The van der Waals surface area contributed by atoms with E-state index in [9.17, 15) is 0 Å². The summed E-state index contributed by atoms with van der Waals surface area (Å²) in [5, 5.41) is 14.0. The minimum absolute atomic E-state index is 0.423. The number of rotatable bonds is 4. The highest BCUT2D eigenvalue weighted by atomic mass is 32.1. The fourth-order valence-corrected chi connectivity index (χ4v) is 3.28. The molecule has 4 rings (SSSR count). The van der Waals surface area contributed by atoms with Crippen molar-refractivity contribution in [3.05, 3.63) is 64.7 Å². The van der Waals surface area contributed by atoms with Gasteiger partial charge in [0.15, 0.2) is 10.8 Å². The van der Waals surface area contributed by atoms with Crippen LogP contribution in [0.1, 0.15) is 16.1 Å². The topological polar surface area (TPSA) is 52.3 Å². The lowest BCUT2D eigenvalue weighted by Gasteiger charge is -2.06. The Morgan fingerprint density at radius 3 is 2.75 bits per heavy atom. The molecule has 120 valence electrons. The lowest BCUT2D eigenvalue weighted by atomic mass is 10.1. The van der Waals surface area contributed by atoms with Crippen molar-refractivity contribution < 1.29 is 4.74 Å². The fourth-order valence-electron chi connectivity index (χ4n) is 2.54. The van der Waals surface area contributed by atoms with E-state index < -0.39 is 0 Å². The van der Waals surface area contributed by atoms with Gasteiger partial charge < -0.3 is 4.74 Å².